The van der Waals surface area contributed by atoms with Gasteiger partial charge in [-0.2, -0.15) is 0 Å². The largest absolute Gasteiger partial charge is 0.495 e. The van der Waals surface area contributed by atoms with Crippen molar-refractivity contribution in [3.63, 3.8) is 0 Å². The van der Waals surface area contributed by atoms with Crippen molar-refractivity contribution >= 4 is 29.2 Å². The van der Waals surface area contributed by atoms with Gasteiger partial charge in [-0.25, -0.2) is 0 Å². The van der Waals surface area contributed by atoms with E-state index in [-0.39, 0.29) is 18.9 Å². The topological polar surface area (TPSA) is 84.9 Å². The Hall–Kier alpha value is -3.35. The molecule has 30 heavy (non-hydrogen) atoms. The summed E-state index contributed by atoms with van der Waals surface area (Å²) in [6, 6.07) is 12.9. The third kappa shape index (κ3) is 4.62. The molecule has 0 bridgehead atoms. The number of amides is 2. The van der Waals surface area contributed by atoms with Gasteiger partial charge >= 0.3 is 5.97 Å². The van der Waals surface area contributed by atoms with Crippen molar-refractivity contribution in [3.8, 4) is 5.75 Å². The molecule has 1 fully saturated rings. The number of nitrogens with one attached hydrogen (secondary N) is 1. The van der Waals surface area contributed by atoms with Crippen LogP contribution in [0.3, 0.4) is 0 Å². The molecule has 3 rings (SSSR count). The van der Waals surface area contributed by atoms with Crippen molar-refractivity contribution < 1.29 is 23.9 Å². The molecule has 7 heteroatoms. The first kappa shape index (κ1) is 21.4. The van der Waals surface area contributed by atoms with E-state index in [4.69, 9.17) is 9.47 Å². The number of carbonyl (C=O) groups is 3. The van der Waals surface area contributed by atoms with Crippen LogP contribution in [0.15, 0.2) is 42.5 Å². The summed E-state index contributed by atoms with van der Waals surface area (Å²) in [4.78, 5) is 38.7. The molecule has 1 heterocycles. The number of hydrogen-bond donors (Lipinski definition) is 1. The lowest BCUT2D eigenvalue weighted by atomic mass is 10.1. The molecule has 2 aromatic carbocycles. The van der Waals surface area contributed by atoms with Crippen molar-refractivity contribution in [2.45, 2.75) is 26.7 Å². The summed E-state index contributed by atoms with van der Waals surface area (Å²) in [6.07, 6.45) is 0.816. The Kier molecular flexibility index (Phi) is 6.72. The average Bonchev–Trinajstić information content (AvgIpc) is 3.14. The van der Waals surface area contributed by atoms with Gasteiger partial charge in [-0.05, 0) is 36.6 Å². The van der Waals surface area contributed by atoms with Gasteiger partial charge < -0.3 is 19.7 Å². The summed E-state index contributed by atoms with van der Waals surface area (Å²) in [6.45, 7) is 3.72. The number of rotatable bonds is 7. The first-order chi connectivity index (χ1) is 14.4. The van der Waals surface area contributed by atoms with Crippen LogP contribution in [0.2, 0.25) is 0 Å². The molecule has 1 atom stereocenters. The lowest BCUT2D eigenvalue weighted by molar-refractivity contribution is -0.151. The second-order valence-corrected chi connectivity index (χ2v) is 7.20. The number of anilines is 2. The number of nitrogens with zero attached hydrogens (tertiary/aromatic N) is 1. The summed E-state index contributed by atoms with van der Waals surface area (Å²) in [5.41, 5.74) is 3.33. The van der Waals surface area contributed by atoms with Crippen molar-refractivity contribution in [1.82, 2.24) is 0 Å². The average molecular weight is 410 g/mol. The van der Waals surface area contributed by atoms with Crippen LogP contribution in [0.5, 0.6) is 5.75 Å². The fraction of sp³-hybridized carbons (Fsp3) is 0.348. The quantitative estimate of drug-likeness (QED) is 0.709. The van der Waals surface area contributed by atoms with Gasteiger partial charge in [-0.15, -0.1) is 0 Å². The van der Waals surface area contributed by atoms with Crippen molar-refractivity contribution in [2.24, 2.45) is 5.92 Å². The molecule has 2 aromatic rings. The maximum absolute atomic E-state index is 12.5. The predicted octanol–water partition coefficient (Wildman–Crippen LogP) is 3.10. The molecule has 0 aliphatic carbocycles. The van der Waals surface area contributed by atoms with Gasteiger partial charge in [-0.3, -0.25) is 14.4 Å². The monoisotopic (exact) mass is 410 g/mol. The van der Waals surface area contributed by atoms with Gasteiger partial charge in [0.05, 0.1) is 18.7 Å². The minimum atomic E-state index is -0.625. The lowest BCUT2D eigenvalue weighted by Crippen LogP contribution is -2.28. The summed E-state index contributed by atoms with van der Waals surface area (Å²) in [5.74, 6) is -1.21. The van der Waals surface area contributed by atoms with Crippen LogP contribution < -0.4 is 15.0 Å². The fourth-order valence-electron chi connectivity index (χ4n) is 3.58. The SMILES string of the molecule is CCc1cccc(C)c1NC(=O)COC(=O)[C@H]1CC(=O)N(c2ccccc2OC)C1. The van der Waals surface area contributed by atoms with E-state index in [0.29, 0.717) is 11.4 Å². The molecule has 2 amide bonds. The first-order valence-electron chi connectivity index (χ1n) is 9.93. The Morgan fingerprint density at radius 3 is 2.67 bits per heavy atom. The van der Waals surface area contributed by atoms with Crippen LogP contribution in [-0.4, -0.2) is 38.0 Å². The maximum atomic E-state index is 12.5. The second-order valence-electron chi connectivity index (χ2n) is 7.20. The molecule has 158 valence electrons. The molecule has 0 saturated carbocycles. The van der Waals surface area contributed by atoms with Crippen LogP contribution in [-0.2, 0) is 25.5 Å². The van der Waals surface area contributed by atoms with E-state index >= 15 is 0 Å². The minimum Gasteiger partial charge on any atom is -0.495 e. The smallest absolute Gasteiger partial charge is 0.311 e. The minimum absolute atomic E-state index is 0.0380. The van der Waals surface area contributed by atoms with Crippen LogP contribution in [0.4, 0.5) is 11.4 Å². The maximum Gasteiger partial charge on any atom is 0.311 e. The normalized spacial score (nSPS) is 15.8. The Balaban J connectivity index is 1.58. The number of carbonyl (C=O) groups excluding carboxylic acids is 3. The molecule has 0 radical (unpaired) electrons. The zero-order valence-electron chi connectivity index (χ0n) is 17.4. The van der Waals surface area contributed by atoms with Gasteiger partial charge in [0.2, 0.25) is 5.91 Å². The highest BCUT2D eigenvalue weighted by Crippen LogP contribution is 2.33. The molecular weight excluding hydrogens is 384 g/mol. The Morgan fingerprint density at radius 1 is 1.17 bits per heavy atom. The fourth-order valence-corrected chi connectivity index (χ4v) is 3.58. The number of para-hydroxylation sites is 3. The molecule has 1 aliphatic heterocycles. The second kappa shape index (κ2) is 9.43. The first-order valence-corrected chi connectivity index (χ1v) is 9.93. The van der Waals surface area contributed by atoms with E-state index in [0.717, 1.165) is 23.2 Å². The van der Waals surface area contributed by atoms with Crippen LogP contribution in [0.25, 0.3) is 0 Å². The van der Waals surface area contributed by atoms with E-state index in [9.17, 15) is 14.4 Å². The van der Waals surface area contributed by atoms with Crippen molar-refractivity contribution in [2.75, 3.05) is 30.5 Å². The number of hydrogen-bond acceptors (Lipinski definition) is 5. The van der Waals surface area contributed by atoms with Crippen LogP contribution in [0.1, 0.15) is 24.5 Å². The zero-order valence-corrected chi connectivity index (χ0v) is 17.4. The molecule has 1 aliphatic rings. The Bertz CT molecular complexity index is 956. The highest BCUT2D eigenvalue weighted by Gasteiger charge is 2.37. The molecule has 1 N–H and O–H groups in total. The van der Waals surface area contributed by atoms with Crippen molar-refractivity contribution in [1.29, 1.82) is 0 Å². The Morgan fingerprint density at radius 2 is 1.93 bits per heavy atom. The van der Waals surface area contributed by atoms with Crippen LogP contribution >= 0.6 is 0 Å². The number of esters is 1. The summed E-state index contributed by atoms with van der Waals surface area (Å²) < 4.78 is 10.5. The number of benzene rings is 2. The van der Waals surface area contributed by atoms with E-state index in [1.165, 1.54) is 12.0 Å². The van der Waals surface area contributed by atoms with E-state index < -0.39 is 24.4 Å². The molecule has 1 saturated heterocycles. The summed E-state index contributed by atoms with van der Waals surface area (Å²) in [7, 11) is 1.53. The summed E-state index contributed by atoms with van der Waals surface area (Å²) in [5, 5.41) is 2.82. The number of aryl methyl sites for hydroxylation is 2. The number of methoxy groups -OCH3 is 1. The molecular formula is C23H26N2O5. The van der Waals surface area contributed by atoms with E-state index in [1.54, 1.807) is 18.2 Å². The lowest BCUT2D eigenvalue weighted by Gasteiger charge is -2.19. The van der Waals surface area contributed by atoms with Crippen molar-refractivity contribution in [3.05, 3.63) is 53.6 Å². The molecule has 7 nitrogen and oxygen atoms in total. The van der Waals surface area contributed by atoms with Gasteiger partial charge in [0.25, 0.3) is 5.91 Å². The van der Waals surface area contributed by atoms with Crippen LogP contribution in [0, 0.1) is 12.8 Å². The van der Waals surface area contributed by atoms with Gasteiger partial charge in [0.1, 0.15) is 5.75 Å². The predicted molar refractivity (Wildman–Crippen MR) is 114 cm³/mol. The van der Waals surface area contributed by atoms with Gasteiger partial charge in [0, 0.05) is 18.7 Å². The van der Waals surface area contributed by atoms with E-state index in [1.807, 2.05) is 38.1 Å². The summed E-state index contributed by atoms with van der Waals surface area (Å²) >= 11 is 0. The number of ether oxygens (including phenoxy) is 2. The third-order valence-electron chi connectivity index (χ3n) is 5.18. The molecule has 0 unspecified atom stereocenters. The Labute approximate surface area is 176 Å². The third-order valence-corrected chi connectivity index (χ3v) is 5.18. The molecule has 0 spiro atoms. The highest BCUT2D eigenvalue weighted by molar-refractivity contribution is 6.01. The van der Waals surface area contributed by atoms with Gasteiger partial charge in [-0.1, -0.05) is 37.3 Å². The zero-order chi connectivity index (χ0) is 21.7. The molecule has 0 aromatic heterocycles. The van der Waals surface area contributed by atoms with Gasteiger partial charge in [0.15, 0.2) is 6.61 Å². The highest BCUT2D eigenvalue weighted by atomic mass is 16.5. The van der Waals surface area contributed by atoms with E-state index in [2.05, 4.69) is 5.32 Å². The standard InChI is InChI=1S/C23H26N2O5/c1-4-16-9-7-8-15(2)22(16)24-20(26)14-30-23(28)17-12-21(27)25(13-17)18-10-5-6-11-19(18)29-3/h5-11,17H,4,12-14H2,1-3H3,(H,24,26)/t17-/m0/s1.